The molecule has 5 rings (SSSR count). The topological polar surface area (TPSA) is 107 Å². The van der Waals surface area contributed by atoms with Gasteiger partial charge in [-0.15, -0.1) is 0 Å². The van der Waals surface area contributed by atoms with Crippen molar-refractivity contribution in [3.05, 3.63) is 82.0 Å². The zero-order valence-electron chi connectivity index (χ0n) is 27.0. The van der Waals surface area contributed by atoms with E-state index in [0.717, 1.165) is 16.8 Å². The van der Waals surface area contributed by atoms with E-state index in [9.17, 15) is 14.4 Å². The lowest BCUT2D eigenvalue weighted by Gasteiger charge is -2.37. The minimum atomic E-state index is -0.612. The molecule has 10 nitrogen and oxygen atoms in total. The number of hydrogen-bond acceptors (Lipinski definition) is 10. The number of piperidine rings is 1. The predicted molar refractivity (Wildman–Crippen MR) is 176 cm³/mol. The number of amidine groups is 1. The Hall–Kier alpha value is -4.25. The number of methoxy groups -OCH3 is 1. The summed E-state index contributed by atoms with van der Waals surface area (Å²) in [7, 11) is 1.58. The van der Waals surface area contributed by atoms with Crippen LogP contribution in [0.4, 0.5) is 0 Å². The van der Waals surface area contributed by atoms with Crippen LogP contribution in [0, 0.1) is 5.92 Å². The molecular formula is C35H41N3O7S. The van der Waals surface area contributed by atoms with Crippen LogP contribution in [0.2, 0.25) is 0 Å². The lowest BCUT2D eigenvalue weighted by molar-refractivity contribution is -0.151. The molecule has 2 aromatic carbocycles. The summed E-state index contributed by atoms with van der Waals surface area (Å²) >= 11 is 1.42. The van der Waals surface area contributed by atoms with Crippen molar-refractivity contribution in [3.8, 4) is 11.5 Å². The summed E-state index contributed by atoms with van der Waals surface area (Å²) in [6.45, 7) is 8.91. The number of carbonyl (C=O) groups is 3. The third kappa shape index (κ3) is 7.41. The average Bonchev–Trinajstić information content (AvgIpc) is 3.44. The van der Waals surface area contributed by atoms with Gasteiger partial charge >= 0.3 is 11.9 Å². The molecule has 46 heavy (non-hydrogen) atoms. The number of allylic oxidation sites excluding steroid dienone is 1. The van der Waals surface area contributed by atoms with E-state index in [1.165, 1.54) is 11.8 Å². The van der Waals surface area contributed by atoms with E-state index in [1.807, 2.05) is 72.7 Å². The smallest absolute Gasteiger partial charge is 0.338 e. The molecule has 3 heterocycles. The normalized spacial score (nSPS) is 18.2. The summed E-state index contributed by atoms with van der Waals surface area (Å²) in [4.78, 5) is 47.9. The van der Waals surface area contributed by atoms with Crippen LogP contribution in [0.3, 0.4) is 0 Å². The Morgan fingerprint density at radius 2 is 1.78 bits per heavy atom. The van der Waals surface area contributed by atoms with Crippen LogP contribution >= 0.6 is 11.8 Å². The van der Waals surface area contributed by atoms with Gasteiger partial charge in [0.25, 0.3) is 0 Å². The molecule has 1 saturated heterocycles. The van der Waals surface area contributed by atoms with Gasteiger partial charge in [-0.25, -0.2) is 9.79 Å². The van der Waals surface area contributed by atoms with Gasteiger partial charge in [0.2, 0.25) is 5.91 Å². The van der Waals surface area contributed by atoms with Crippen LogP contribution < -0.4 is 9.47 Å². The highest BCUT2D eigenvalue weighted by Crippen LogP contribution is 2.46. The molecule has 0 N–H and O–H groups in total. The second kappa shape index (κ2) is 14.9. The number of benzene rings is 2. The van der Waals surface area contributed by atoms with Gasteiger partial charge in [-0.2, -0.15) is 0 Å². The fraction of sp³-hybridized carbons (Fsp3) is 0.429. The van der Waals surface area contributed by atoms with Crippen molar-refractivity contribution in [1.82, 2.24) is 9.80 Å². The van der Waals surface area contributed by atoms with Gasteiger partial charge in [0, 0.05) is 18.8 Å². The summed E-state index contributed by atoms with van der Waals surface area (Å²) in [6, 6.07) is 14.9. The zero-order valence-corrected chi connectivity index (χ0v) is 27.8. The van der Waals surface area contributed by atoms with E-state index in [4.69, 9.17) is 23.9 Å². The van der Waals surface area contributed by atoms with Gasteiger partial charge in [-0.05, 0) is 69.2 Å². The van der Waals surface area contributed by atoms with Gasteiger partial charge in [0.15, 0.2) is 16.7 Å². The number of fused-ring (bicyclic) bond motifs is 1. The van der Waals surface area contributed by atoms with Crippen LogP contribution in [-0.4, -0.2) is 65.7 Å². The van der Waals surface area contributed by atoms with Crippen LogP contribution in [0.25, 0.3) is 0 Å². The van der Waals surface area contributed by atoms with Crippen molar-refractivity contribution < 1.29 is 33.3 Å². The number of carbonyl (C=O) groups excluding carboxylic acids is 3. The van der Waals surface area contributed by atoms with Crippen LogP contribution in [0.1, 0.15) is 64.1 Å². The molecule has 1 atom stereocenters. The van der Waals surface area contributed by atoms with Crippen molar-refractivity contribution in [1.29, 1.82) is 0 Å². The monoisotopic (exact) mass is 647 g/mol. The maximum atomic E-state index is 13.6. The standard InChI is InChI=1S/C35H41N3O7S/c1-6-43-33(40)25-14-16-37(17-15-25)30(39)19-27-21-46-35-36-23(4)31(34(41)45-22(2)3)32(38(27)35)26-12-13-28(29(18-26)42-5)44-20-24-10-8-7-9-11-24/h7-13,18,21-22,25,32H,6,14-17,19-20H2,1-5H3/t32-/m1/s1. The van der Waals surface area contributed by atoms with Gasteiger partial charge < -0.3 is 28.7 Å². The number of amides is 1. The molecule has 0 aliphatic carbocycles. The Morgan fingerprint density at radius 3 is 2.46 bits per heavy atom. The number of nitrogens with zero attached hydrogens (tertiary/aromatic N) is 3. The van der Waals surface area contributed by atoms with E-state index < -0.39 is 12.0 Å². The number of hydrogen-bond donors (Lipinski definition) is 0. The van der Waals surface area contributed by atoms with E-state index in [0.29, 0.717) is 67.1 Å². The number of thioether (sulfide) groups is 1. The quantitative estimate of drug-likeness (QED) is 0.272. The molecule has 1 fully saturated rings. The third-order valence-corrected chi connectivity index (χ3v) is 8.99. The summed E-state index contributed by atoms with van der Waals surface area (Å²) in [6.07, 6.45) is 0.934. The second-order valence-electron chi connectivity index (χ2n) is 11.6. The maximum Gasteiger partial charge on any atom is 0.338 e. The third-order valence-electron chi connectivity index (χ3n) is 8.10. The minimum Gasteiger partial charge on any atom is -0.493 e. The van der Waals surface area contributed by atoms with Gasteiger partial charge in [0.05, 0.1) is 49.5 Å². The fourth-order valence-corrected chi connectivity index (χ4v) is 6.79. The first-order chi connectivity index (χ1) is 22.2. The number of aliphatic imine (C=N–C) groups is 1. The Bertz CT molecular complexity index is 1540. The summed E-state index contributed by atoms with van der Waals surface area (Å²) in [5.41, 5.74) is 3.48. The first-order valence-corrected chi connectivity index (χ1v) is 16.5. The van der Waals surface area contributed by atoms with Crippen molar-refractivity contribution in [2.75, 3.05) is 26.8 Å². The largest absolute Gasteiger partial charge is 0.493 e. The molecule has 1 amide bonds. The molecule has 0 unspecified atom stereocenters. The Morgan fingerprint density at radius 1 is 1.04 bits per heavy atom. The van der Waals surface area contributed by atoms with Gasteiger partial charge in [-0.3, -0.25) is 9.59 Å². The molecule has 0 aromatic heterocycles. The molecular weight excluding hydrogens is 606 g/mol. The Balaban J connectivity index is 1.41. The van der Waals surface area contributed by atoms with Crippen molar-refractivity contribution in [2.45, 2.75) is 65.7 Å². The molecule has 0 saturated carbocycles. The van der Waals surface area contributed by atoms with E-state index in [-0.39, 0.29) is 30.3 Å². The fourth-order valence-electron chi connectivity index (χ4n) is 5.82. The number of esters is 2. The maximum absolute atomic E-state index is 13.6. The van der Waals surface area contributed by atoms with E-state index in [1.54, 1.807) is 25.9 Å². The lowest BCUT2D eigenvalue weighted by Crippen LogP contribution is -2.42. The molecule has 2 aromatic rings. The first kappa shape index (κ1) is 33.1. The molecule has 11 heteroatoms. The average molecular weight is 648 g/mol. The predicted octanol–water partition coefficient (Wildman–Crippen LogP) is 5.99. The van der Waals surface area contributed by atoms with Crippen LogP contribution in [0.15, 0.2) is 75.9 Å². The molecule has 244 valence electrons. The second-order valence-corrected chi connectivity index (χ2v) is 12.5. The Labute approximate surface area is 274 Å². The van der Waals surface area contributed by atoms with E-state index >= 15 is 0 Å². The molecule has 0 radical (unpaired) electrons. The number of ether oxygens (including phenoxy) is 4. The molecule has 0 spiro atoms. The highest BCUT2D eigenvalue weighted by Gasteiger charge is 2.42. The van der Waals surface area contributed by atoms with Crippen molar-refractivity contribution in [3.63, 3.8) is 0 Å². The van der Waals surface area contributed by atoms with Crippen LogP contribution in [0.5, 0.6) is 11.5 Å². The lowest BCUT2D eigenvalue weighted by atomic mass is 9.93. The minimum absolute atomic E-state index is 0.0472. The molecule has 0 bridgehead atoms. The van der Waals surface area contributed by atoms with Crippen LogP contribution in [-0.2, 0) is 30.5 Å². The first-order valence-electron chi connectivity index (χ1n) is 15.6. The van der Waals surface area contributed by atoms with Crippen molar-refractivity contribution in [2.24, 2.45) is 10.9 Å². The SMILES string of the molecule is CCOC(=O)C1CCN(C(=O)CC2=CSC3=NC(C)=C(C(=O)OC(C)C)[C@@H](c4ccc(OCc5ccccc5)c(OC)c4)N23)CC1. The highest BCUT2D eigenvalue weighted by atomic mass is 32.2. The zero-order chi connectivity index (χ0) is 32.8. The molecule has 3 aliphatic rings. The molecule has 3 aliphatic heterocycles. The van der Waals surface area contributed by atoms with Crippen molar-refractivity contribution >= 4 is 34.8 Å². The van der Waals surface area contributed by atoms with Gasteiger partial charge in [0.1, 0.15) is 6.61 Å². The van der Waals surface area contributed by atoms with E-state index in [2.05, 4.69) is 0 Å². The summed E-state index contributed by atoms with van der Waals surface area (Å²) < 4.78 is 22.7. The summed E-state index contributed by atoms with van der Waals surface area (Å²) in [5.74, 6) is 0.190. The van der Waals surface area contributed by atoms with Gasteiger partial charge in [-0.1, -0.05) is 48.2 Å². The summed E-state index contributed by atoms with van der Waals surface area (Å²) in [5, 5.41) is 2.60. The number of rotatable bonds is 11. The number of likely N-dealkylation sites (tertiary alicyclic amines) is 1. The highest BCUT2D eigenvalue weighted by molar-refractivity contribution is 8.16. The Kier molecular flexibility index (Phi) is 10.7.